The summed E-state index contributed by atoms with van der Waals surface area (Å²) in [4.78, 5) is 36.5. The van der Waals surface area contributed by atoms with Gasteiger partial charge in [-0.1, -0.05) is 0 Å². The average Bonchev–Trinajstić information content (AvgIpc) is 2.66. The zero-order chi connectivity index (χ0) is 20.0. The molecule has 0 saturated heterocycles. The lowest BCUT2D eigenvalue weighted by Crippen LogP contribution is -2.50. The van der Waals surface area contributed by atoms with Crippen molar-refractivity contribution >= 4 is 11.9 Å². The van der Waals surface area contributed by atoms with Crippen LogP contribution in [0.5, 0.6) is 23.5 Å². The van der Waals surface area contributed by atoms with Gasteiger partial charge in [0.15, 0.2) is 11.4 Å². The lowest BCUT2D eigenvalue weighted by Gasteiger charge is -2.23. The van der Waals surface area contributed by atoms with Crippen molar-refractivity contribution in [3.63, 3.8) is 0 Å². The predicted molar refractivity (Wildman–Crippen MR) is 93.0 cm³/mol. The van der Waals surface area contributed by atoms with Gasteiger partial charge in [-0.25, -0.2) is 9.78 Å². The number of ether oxygens (including phenoxy) is 4. The Morgan fingerprint density at radius 2 is 1.70 bits per heavy atom. The molecule has 0 unspecified atom stereocenters. The first kappa shape index (κ1) is 19.9. The summed E-state index contributed by atoms with van der Waals surface area (Å²) in [5.41, 5.74) is -1.31. The Kier molecular flexibility index (Phi) is 6.11. The van der Waals surface area contributed by atoms with E-state index in [1.165, 1.54) is 53.5 Å². The number of pyridine rings is 1. The van der Waals surface area contributed by atoms with Gasteiger partial charge in [0.25, 0.3) is 5.91 Å². The number of carbonyl (C=O) groups is 2. The van der Waals surface area contributed by atoms with Gasteiger partial charge < -0.3 is 24.3 Å². The SMILES string of the molecule is COC(=O)C(C)(C)NC(=O)c1ncccc1Oc1nc(OC)cc(OC)n1. The second-order valence-electron chi connectivity index (χ2n) is 5.76. The van der Waals surface area contributed by atoms with Crippen LogP contribution < -0.4 is 19.5 Å². The van der Waals surface area contributed by atoms with Gasteiger partial charge in [-0.05, 0) is 26.0 Å². The highest BCUT2D eigenvalue weighted by Crippen LogP contribution is 2.25. The third-order valence-corrected chi connectivity index (χ3v) is 3.39. The Labute approximate surface area is 155 Å². The number of aromatic nitrogens is 3. The van der Waals surface area contributed by atoms with Crippen molar-refractivity contribution in [2.24, 2.45) is 0 Å². The second kappa shape index (κ2) is 8.30. The van der Waals surface area contributed by atoms with Crippen molar-refractivity contribution in [2.45, 2.75) is 19.4 Å². The van der Waals surface area contributed by atoms with E-state index in [0.29, 0.717) is 0 Å². The van der Waals surface area contributed by atoms with Gasteiger partial charge in [-0.2, -0.15) is 9.97 Å². The summed E-state index contributed by atoms with van der Waals surface area (Å²) in [6, 6.07) is 4.47. The van der Waals surface area contributed by atoms with Crippen LogP contribution in [0.1, 0.15) is 24.3 Å². The molecule has 0 bridgehead atoms. The molecule has 0 saturated carbocycles. The smallest absolute Gasteiger partial charge is 0.330 e. The largest absolute Gasteiger partial charge is 0.481 e. The molecule has 10 nitrogen and oxygen atoms in total. The fraction of sp³-hybridized carbons (Fsp3) is 0.353. The summed E-state index contributed by atoms with van der Waals surface area (Å²) in [6.07, 6.45) is 1.42. The lowest BCUT2D eigenvalue weighted by molar-refractivity contribution is -0.146. The first-order chi connectivity index (χ1) is 12.8. The third-order valence-electron chi connectivity index (χ3n) is 3.39. The number of hydrogen-bond acceptors (Lipinski definition) is 9. The highest BCUT2D eigenvalue weighted by molar-refractivity contribution is 5.98. The monoisotopic (exact) mass is 376 g/mol. The van der Waals surface area contributed by atoms with Crippen molar-refractivity contribution in [3.8, 4) is 23.5 Å². The first-order valence-electron chi connectivity index (χ1n) is 7.81. The van der Waals surface area contributed by atoms with Gasteiger partial charge >= 0.3 is 12.0 Å². The highest BCUT2D eigenvalue weighted by atomic mass is 16.5. The minimum absolute atomic E-state index is 0.0557. The summed E-state index contributed by atoms with van der Waals surface area (Å²) in [5.74, 6) is -0.700. The van der Waals surface area contributed by atoms with E-state index in [2.05, 4.69) is 25.0 Å². The van der Waals surface area contributed by atoms with E-state index in [0.717, 1.165) is 0 Å². The van der Waals surface area contributed by atoms with Crippen LogP contribution in [0.4, 0.5) is 0 Å². The lowest BCUT2D eigenvalue weighted by atomic mass is 10.1. The van der Waals surface area contributed by atoms with Crippen molar-refractivity contribution in [2.75, 3.05) is 21.3 Å². The highest BCUT2D eigenvalue weighted by Gasteiger charge is 2.32. The van der Waals surface area contributed by atoms with Crippen molar-refractivity contribution < 1.29 is 28.5 Å². The van der Waals surface area contributed by atoms with Gasteiger partial charge in [0.2, 0.25) is 11.8 Å². The van der Waals surface area contributed by atoms with Crippen LogP contribution in [0.3, 0.4) is 0 Å². The number of hydrogen-bond donors (Lipinski definition) is 1. The Balaban J connectivity index is 2.31. The molecular weight excluding hydrogens is 356 g/mol. The topological polar surface area (TPSA) is 122 Å². The molecule has 0 fully saturated rings. The minimum Gasteiger partial charge on any atom is -0.481 e. The van der Waals surface area contributed by atoms with Crippen LogP contribution in [0.15, 0.2) is 24.4 Å². The summed E-state index contributed by atoms with van der Waals surface area (Å²) < 4.78 is 20.4. The fourth-order valence-corrected chi connectivity index (χ4v) is 2.03. The normalized spacial score (nSPS) is 10.7. The van der Waals surface area contributed by atoms with Gasteiger partial charge in [0, 0.05) is 6.20 Å². The van der Waals surface area contributed by atoms with Crippen molar-refractivity contribution in [1.82, 2.24) is 20.3 Å². The van der Waals surface area contributed by atoms with E-state index in [9.17, 15) is 9.59 Å². The van der Waals surface area contributed by atoms with Crippen LogP contribution in [0, 0.1) is 0 Å². The molecule has 0 aliphatic carbocycles. The number of amides is 1. The van der Waals surface area contributed by atoms with E-state index in [4.69, 9.17) is 14.2 Å². The molecule has 0 aromatic carbocycles. The van der Waals surface area contributed by atoms with Crippen LogP contribution in [-0.2, 0) is 9.53 Å². The molecule has 0 spiro atoms. The van der Waals surface area contributed by atoms with E-state index >= 15 is 0 Å². The Morgan fingerprint density at radius 3 is 2.26 bits per heavy atom. The molecule has 0 radical (unpaired) electrons. The molecule has 1 amide bonds. The first-order valence-corrected chi connectivity index (χ1v) is 7.81. The summed E-state index contributed by atoms with van der Waals surface area (Å²) >= 11 is 0. The maximum atomic E-state index is 12.6. The van der Waals surface area contributed by atoms with E-state index < -0.39 is 17.4 Å². The Bertz CT molecular complexity index is 818. The number of rotatable bonds is 7. The number of esters is 1. The number of methoxy groups -OCH3 is 3. The zero-order valence-corrected chi connectivity index (χ0v) is 15.6. The van der Waals surface area contributed by atoms with Gasteiger partial charge in [-0.3, -0.25) is 4.79 Å². The number of nitrogens with zero attached hydrogens (tertiary/aromatic N) is 3. The summed E-state index contributed by atoms with van der Waals surface area (Å²) in [5, 5.41) is 2.55. The van der Waals surface area contributed by atoms with Crippen LogP contribution >= 0.6 is 0 Å². The molecule has 10 heteroatoms. The standard InChI is InChI=1S/C17H20N4O6/c1-17(2,15(23)26-5)21-14(22)13-10(7-6-8-18-13)27-16-19-11(24-3)9-12(20-16)25-4/h6-9H,1-5H3,(H,21,22). The zero-order valence-electron chi connectivity index (χ0n) is 15.6. The van der Waals surface area contributed by atoms with Gasteiger partial charge in [0.05, 0.1) is 27.4 Å². The molecule has 144 valence electrons. The molecule has 2 heterocycles. The molecule has 0 aliphatic rings. The molecule has 0 aliphatic heterocycles. The molecule has 0 atom stereocenters. The van der Waals surface area contributed by atoms with Crippen molar-refractivity contribution in [3.05, 3.63) is 30.1 Å². The Hall–Kier alpha value is -3.43. The van der Waals surface area contributed by atoms with E-state index in [1.807, 2.05) is 0 Å². The average molecular weight is 376 g/mol. The molecule has 1 N–H and O–H groups in total. The molecule has 2 rings (SSSR count). The van der Waals surface area contributed by atoms with Crippen molar-refractivity contribution in [1.29, 1.82) is 0 Å². The van der Waals surface area contributed by atoms with Gasteiger partial charge in [-0.15, -0.1) is 0 Å². The molecule has 2 aromatic rings. The molecular formula is C17H20N4O6. The molecule has 2 aromatic heterocycles. The Morgan fingerprint density at radius 1 is 1.07 bits per heavy atom. The maximum Gasteiger partial charge on any atom is 0.330 e. The maximum absolute atomic E-state index is 12.6. The predicted octanol–water partition coefficient (Wildman–Crippen LogP) is 1.36. The number of nitrogens with one attached hydrogen (secondary N) is 1. The summed E-state index contributed by atoms with van der Waals surface area (Å²) in [7, 11) is 4.10. The fourth-order valence-electron chi connectivity index (χ4n) is 2.03. The molecule has 27 heavy (non-hydrogen) atoms. The number of carbonyl (C=O) groups excluding carboxylic acids is 2. The quantitative estimate of drug-likeness (QED) is 0.714. The van der Waals surface area contributed by atoms with Crippen LogP contribution in [0.2, 0.25) is 0 Å². The third kappa shape index (κ3) is 4.81. The second-order valence-corrected chi connectivity index (χ2v) is 5.76. The summed E-state index contributed by atoms with van der Waals surface area (Å²) in [6.45, 7) is 3.02. The van der Waals surface area contributed by atoms with Crippen LogP contribution in [0.25, 0.3) is 0 Å². The van der Waals surface area contributed by atoms with E-state index in [1.54, 1.807) is 6.07 Å². The van der Waals surface area contributed by atoms with Crippen LogP contribution in [-0.4, -0.2) is 53.7 Å². The van der Waals surface area contributed by atoms with E-state index in [-0.39, 0.29) is 29.2 Å². The minimum atomic E-state index is -1.25. The van der Waals surface area contributed by atoms with Gasteiger partial charge in [0.1, 0.15) is 5.54 Å².